The first kappa shape index (κ1) is 16.6. The number of aromatic nitrogens is 1. The Kier molecular flexibility index (Phi) is 7.88. The van der Waals surface area contributed by atoms with Crippen LogP contribution in [0.4, 0.5) is 0 Å². The van der Waals surface area contributed by atoms with Crippen molar-refractivity contribution < 1.29 is 9.36 Å². The quantitative estimate of drug-likeness (QED) is 0.549. The smallest absolute Gasteiger partial charge is 0.226 e. The molecule has 0 saturated carbocycles. The van der Waals surface area contributed by atoms with Crippen molar-refractivity contribution in [2.45, 2.75) is 40.2 Å². The Labute approximate surface area is 122 Å². The predicted octanol–water partition coefficient (Wildman–Crippen LogP) is 1.52. The van der Waals surface area contributed by atoms with Crippen molar-refractivity contribution in [3.63, 3.8) is 0 Å². The summed E-state index contributed by atoms with van der Waals surface area (Å²) in [5.41, 5.74) is 1.24. The highest BCUT2D eigenvalue weighted by Crippen LogP contribution is 1.92. The van der Waals surface area contributed by atoms with Crippen LogP contribution in [0.5, 0.6) is 0 Å². The van der Waals surface area contributed by atoms with Crippen LogP contribution in [0, 0.1) is 6.92 Å². The molecule has 0 bridgehead atoms. The third-order valence-corrected chi connectivity index (χ3v) is 3.52. The fourth-order valence-electron chi connectivity index (χ4n) is 2.07. The maximum absolute atomic E-state index is 11.7. The van der Waals surface area contributed by atoms with Crippen LogP contribution in [0.2, 0.25) is 0 Å². The van der Waals surface area contributed by atoms with E-state index in [-0.39, 0.29) is 5.91 Å². The third-order valence-electron chi connectivity index (χ3n) is 3.52. The van der Waals surface area contributed by atoms with Gasteiger partial charge in [0.05, 0.1) is 6.42 Å². The first-order valence-electron chi connectivity index (χ1n) is 7.60. The normalized spacial score (nSPS) is 10.8. The third kappa shape index (κ3) is 6.66. The number of amides is 1. The number of nitrogens with zero attached hydrogens (tertiary/aromatic N) is 2. The molecule has 0 atom stereocenters. The molecule has 4 heteroatoms. The zero-order valence-electron chi connectivity index (χ0n) is 13.1. The highest BCUT2D eigenvalue weighted by Gasteiger charge is 2.06. The van der Waals surface area contributed by atoms with Crippen molar-refractivity contribution in [2.75, 3.05) is 26.2 Å². The first-order valence-corrected chi connectivity index (χ1v) is 7.60. The minimum absolute atomic E-state index is 0.137. The van der Waals surface area contributed by atoms with Gasteiger partial charge in [0.2, 0.25) is 5.91 Å². The Balaban J connectivity index is 2.13. The van der Waals surface area contributed by atoms with Crippen molar-refractivity contribution >= 4 is 5.91 Å². The van der Waals surface area contributed by atoms with E-state index in [0.717, 1.165) is 39.1 Å². The number of aryl methyl sites for hydroxylation is 2. The number of rotatable bonds is 9. The van der Waals surface area contributed by atoms with E-state index >= 15 is 0 Å². The molecule has 0 spiro atoms. The molecule has 1 heterocycles. The van der Waals surface area contributed by atoms with Crippen LogP contribution in [0.3, 0.4) is 0 Å². The van der Waals surface area contributed by atoms with Crippen LogP contribution < -0.4 is 9.88 Å². The van der Waals surface area contributed by atoms with Gasteiger partial charge in [-0.2, -0.15) is 0 Å². The summed E-state index contributed by atoms with van der Waals surface area (Å²) in [6, 6.07) is 4.12. The van der Waals surface area contributed by atoms with Crippen LogP contribution in [0.25, 0.3) is 0 Å². The van der Waals surface area contributed by atoms with Gasteiger partial charge in [-0.05, 0) is 38.5 Å². The molecule has 112 valence electrons. The van der Waals surface area contributed by atoms with Crippen molar-refractivity contribution in [3.8, 4) is 0 Å². The minimum atomic E-state index is 0.137. The van der Waals surface area contributed by atoms with Gasteiger partial charge in [-0.3, -0.25) is 4.79 Å². The molecular formula is C16H28N3O+. The predicted molar refractivity (Wildman–Crippen MR) is 81.4 cm³/mol. The highest BCUT2D eigenvalue weighted by atomic mass is 16.1. The maximum Gasteiger partial charge on any atom is 0.226 e. The maximum atomic E-state index is 11.7. The van der Waals surface area contributed by atoms with Crippen LogP contribution >= 0.6 is 0 Å². The highest BCUT2D eigenvalue weighted by molar-refractivity contribution is 5.75. The van der Waals surface area contributed by atoms with E-state index in [1.54, 1.807) is 0 Å². The molecule has 0 aromatic carbocycles. The minimum Gasteiger partial charge on any atom is -0.356 e. The van der Waals surface area contributed by atoms with Crippen LogP contribution in [-0.4, -0.2) is 37.0 Å². The van der Waals surface area contributed by atoms with Gasteiger partial charge in [-0.1, -0.05) is 13.8 Å². The molecule has 1 aromatic rings. The van der Waals surface area contributed by atoms with Crippen molar-refractivity contribution in [2.24, 2.45) is 0 Å². The Hall–Kier alpha value is -1.42. The van der Waals surface area contributed by atoms with Crippen molar-refractivity contribution in [1.29, 1.82) is 0 Å². The molecule has 0 aliphatic rings. The van der Waals surface area contributed by atoms with E-state index in [1.807, 2.05) is 17.0 Å². The van der Waals surface area contributed by atoms with E-state index in [2.05, 4.69) is 43.1 Å². The molecule has 0 aliphatic carbocycles. The fourth-order valence-corrected chi connectivity index (χ4v) is 2.07. The second kappa shape index (κ2) is 9.48. The summed E-state index contributed by atoms with van der Waals surface area (Å²) in [6.07, 6.45) is 5.59. The van der Waals surface area contributed by atoms with Gasteiger partial charge in [0.25, 0.3) is 0 Å². The Morgan fingerprint density at radius 2 is 1.90 bits per heavy atom. The molecule has 4 nitrogen and oxygen atoms in total. The lowest BCUT2D eigenvalue weighted by Crippen LogP contribution is -2.37. The largest absolute Gasteiger partial charge is 0.356 e. The molecule has 1 rings (SSSR count). The van der Waals surface area contributed by atoms with Crippen LogP contribution in [0.1, 0.15) is 32.3 Å². The lowest BCUT2D eigenvalue weighted by Gasteiger charge is -2.17. The standard InChI is InChI=1S/C16H27N3O/c1-4-18(5-2)11-6-10-17-16(20)9-14-19-12-7-15(3)8-13-19/h7-8,12-13H,4-6,9-11,14H2,1-3H3/p+1. The Morgan fingerprint density at radius 3 is 2.50 bits per heavy atom. The van der Waals surface area contributed by atoms with Gasteiger partial charge in [0, 0.05) is 18.7 Å². The molecule has 0 saturated heterocycles. The average molecular weight is 278 g/mol. The SMILES string of the molecule is CCN(CC)CCCNC(=O)CC[n+]1ccc(C)cc1. The van der Waals surface area contributed by atoms with E-state index in [1.165, 1.54) is 5.56 Å². The Bertz CT molecular complexity index is 385. The van der Waals surface area contributed by atoms with Crippen LogP contribution in [-0.2, 0) is 11.3 Å². The van der Waals surface area contributed by atoms with Gasteiger partial charge in [-0.25, -0.2) is 4.57 Å². The molecule has 20 heavy (non-hydrogen) atoms. The summed E-state index contributed by atoms with van der Waals surface area (Å²) in [5.74, 6) is 0.137. The number of pyridine rings is 1. The monoisotopic (exact) mass is 278 g/mol. The summed E-state index contributed by atoms with van der Waals surface area (Å²) in [6.45, 7) is 11.1. The number of hydrogen-bond acceptors (Lipinski definition) is 2. The molecular weight excluding hydrogens is 250 g/mol. The molecule has 0 aliphatic heterocycles. The molecule has 1 aromatic heterocycles. The van der Waals surface area contributed by atoms with E-state index in [0.29, 0.717) is 6.42 Å². The second-order valence-electron chi connectivity index (χ2n) is 5.09. The molecule has 0 fully saturated rings. The number of carbonyl (C=O) groups is 1. The zero-order valence-corrected chi connectivity index (χ0v) is 13.1. The first-order chi connectivity index (χ1) is 9.65. The Morgan fingerprint density at radius 1 is 1.25 bits per heavy atom. The molecule has 1 amide bonds. The van der Waals surface area contributed by atoms with Gasteiger partial charge in [-0.15, -0.1) is 0 Å². The number of hydrogen-bond donors (Lipinski definition) is 1. The van der Waals surface area contributed by atoms with Gasteiger partial charge >= 0.3 is 0 Å². The van der Waals surface area contributed by atoms with Gasteiger partial charge < -0.3 is 10.2 Å². The fraction of sp³-hybridized carbons (Fsp3) is 0.625. The van der Waals surface area contributed by atoms with Gasteiger partial charge in [0.1, 0.15) is 0 Å². The van der Waals surface area contributed by atoms with Crippen molar-refractivity contribution in [1.82, 2.24) is 10.2 Å². The lowest BCUT2D eigenvalue weighted by molar-refractivity contribution is -0.695. The molecule has 0 radical (unpaired) electrons. The zero-order chi connectivity index (χ0) is 14.8. The van der Waals surface area contributed by atoms with E-state index in [4.69, 9.17) is 0 Å². The lowest BCUT2D eigenvalue weighted by atomic mass is 10.3. The number of nitrogens with one attached hydrogen (secondary N) is 1. The molecule has 0 unspecified atom stereocenters. The molecule has 1 N–H and O–H groups in total. The topological polar surface area (TPSA) is 36.2 Å². The van der Waals surface area contributed by atoms with Gasteiger partial charge in [0.15, 0.2) is 18.9 Å². The summed E-state index contributed by atoms with van der Waals surface area (Å²) in [5, 5.41) is 2.99. The summed E-state index contributed by atoms with van der Waals surface area (Å²) in [7, 11) is 0. The summed E-state index contributed by atoms with van der Waals surface area (Å²) >= 11 is 0. The van der Waals surface area contributed by atoms with Crippen molar-refractivity contribution in [3.05, 3.63) is 30.1 Å². The second-order valence-corrected chi connectivity index (χ2v) is 5.09. The van der Waals surface area contributed by atoms with Crippen LogP contribution in [0.15, 0.2) is 24.5 Å². The average Bonchev–Trinajstić information content (AvgIpc) is 2.47. The summed E-state index contributed by atoms with van der Waals surface area (Å²) < 4.78 is 2.04. The van der Waals surface area contributed by atoms with E-state index < -0.39 is 0 Å². The van der Waals surface area contributed by atoms with E-state index in [9.17, 15) is 4.79 Å². The summed E-state index contributed by atoms with van der Waals surface area (Å²) in [4.78, 5) is 14.1. The number of carbonyl (C=O) groups excluding carboxylic acids is 1.